The first-order valence-corrected chi connectivity index (χ1v) is 13.2. The molecule has 1 heterocycles. The van der Waals surface area contributed by atoms with E-state index < -0.39 is 6.23 Å². The number of aromatic nitrogens is 1. The van der Waals surface area contributed by atoms with Gasteiger partial charge in [-0.3, -0.25) is 14.9 Å². The molecule has 0 aliphatic heterocycles. The number of aliphatic hydroxyl groups excluding tert-OH is 1. The van der Waals surface area contributed by atoms with Gasteiger partial charge < -0.3 is 20.2 Å². The molecule has 4 rings (SSSR count). The highest BCUT2D eigenvalue weighted by Gasteiger charge is 2.15. The second kappa shape index (κ2) is 13.7. The minimum absolute atomic E-state index is 0.0630. The maximum absolute atomic E-state index is 12.5. The van der Waals surface area contributed by atoms with E-state index in [1.165, 1.54) is 0 Å². The Bertz CT molecular complexity index is 1390. The highest BCUT2D eigenvalue weighted by atomic mass is 16.6. The van der Waals surface area contributed by atoms with Gasteiger partial charge in [0.1, 0.15) is 6.23 Å². The first-order chi connectivity index (χ1) is 18.9. The molecule has 1 atom stereocenters. The Morgan fingerprint density at radius 1 is 0.949 bits per heavy atom. The van der Waals surface area contributed by atoms with Gasteiger partial charge in [0, 0.05) is 47.9 Å². The number of rotatable bonds is 14. The van der Waals surface area contributed by atoms with Crippen molar-refractivity contribution in [2.75, 3.05) is 6.54 Å². The zero-order chi connectivity index (χ0) is 27.6. The number of hydrogen-bond donors (Lipinski definition) is 4. The molecule has 0 fully saturated rings. The van der Waals surface area contributed by atoms with Gasteiger partial charge in [-0.25, -0.2) is 0 Å². The molecule has 39 heavy (non-hydrogen) atoms. The largest absolute Gasteiger partial charge is 0.377 e. The summed E-state index contributed by atoms with van der Waals surface area (Å²) in [5.41, 5.74) is 6.55. The summed E-state index contributed by atoms with van der Waals surface area (Å²) in [6.07, 6.45) is 5.71. The maximum Gasteiger partial charge on any atom is 0.270 e. The molecule has 9 nitrogen and oxygen atoms in total. The average molecular weight is 531 g/mol. The summed E-state index contributed by atoms with van der Waals surface area (Å²) in [6, 6.07) is 22.5. The van der Waals surface area contributed by atoms with Gasteiger partial charge in [0.05, 0.1) is 4.92 Å². The van der Waals surface area contributed by atoms with E-state index >= 15 is 0 Å². The van der Waals surface area contributed by atoms with Crippen LogP contribution in [0.4, 0.5) is 5.69 Å². The second-order valence-corrected chi connectivity index (χ2v) is 9.70. The maximum atomic E-state index is 12.5. The lowest BCUT2D eigenvalue weighted by Gasteiger charge is -2.08. The smallest absolute Gasteiger partial charge is 0.270 e. The molecule has 0 saturated heterocycles. The van der Waals surface area contributed by atoms with Gasteiger partial charge >= 0.3 is 0 Å². The summed E-state index contributed by atoms with van der Waals surface area (Å²) < 4.78 is 2.12. The van der Waals surface area contributed by atoms with Crippen LogP contribution in [0.15, 0.2) is 79.0 Å². The van der Waals surface area contributed by atoms with Crippen molar-refractivity contribution in [2.45, 2.75) is 51.3 Å². The number of hydroxylamine groups is 1. The zero-order valence-corrected chi connectivity index (χ0v) is 21.8. The number of non-ortho nitro benzene ring substituents is 1. The lowest BCUT2D eigenvalue weighted by Crippen LogP contribution is -2.25. The quantitative estimate of drug-likeness (QED) is 0.0771. The fourth-order valence-corrected chi connectivity index (χ4v) is 4.70. The molecule has 1 amide bonds. The van der Waals surface area contributed by atoms with Crippen molar-refractivity contribution in [3.05, 3.63) is 111 Å². The van der Waals surface area contributed by atoms with E-state index in [0.29, 0.717) is 31.5 Å². The van der Waals surface area contributed by atoms with Crippen molar-refractivity contribution in [3.63, 3.8) is 0 Å². The molecule has 0 aliphatic carbocycles. The fraction of sp³-hybridized carbons (Fsp3) is 0.300. The predicted molar refractivity (Wildman–Crippen MR) is 150 cm³/mol. The Hall–Kier alpha value is -4.05. The van der Waals surface area contributed by atoms with Crippen LogP contribution >= 0.6 is 0 Å². The fourth-order valence-electron chi connectivity index (χ4n) is 4.70. The van der Waals surface area contributed by atoms with Gasteiger partial charge in [0.2, 0.25) is 0 Å². The number of hydrogen-bond acceptors (Lipinski definition) is 6. The molecule has 4 N–H and O–H groups in total. The number of nitro groups is 1. The third-order valence-electron chi connectivity index (χ3n) is 6.80. The van der Waals surface area contributed by atoms with Gasteiger partial charge in [-0.15, -0.1) is 0 Å². The van der Waals surface area contributed by atoms with Crippen LogP contribution in [-0.2, 0) is 13.0 Å². The number of aliphatic hydroxyl groups is 1. The monoisotopic (exact) mass is 530 g/mol. The van der Waals surface area contributed by atoms with E-state index in [2.05, 4.69) is 28.2 Å². The Morgan fingerprint density at radius 3 is 2.41 bits per heavy atom. The van der Waals surface area contributed by atoms with Gasteiger partial charge in [0.25, 0.3) is 11.6 Å². The Balaban J connectivity index is 1.39. The van der Waals surface area contributed by atoms with Crippen LogP contribution in [0.2, 0.25) is 0 Å². The number of nitrogens with zero attached hydrogens (tertiary/aromatic N) is 2. The average Bonchev–Trinajstić information content (AvgIpc) is 3.29. The zero-order valence-electron chi connectivity index (χ0n) is 21.8. The molecule has 0 spiro atoms. The summed E-state index contributed by atoms with van der Waals surface area (Å²) >= 11 is 0. The highest BCUT2D eigenvalue weighted by Crippen LogP contribution is 2.28. The Morgan fingerprint density at radius 2 is 1.69 bits per heavy atom. The van der Waals surface area contributed by atoms with Crippen molar-refractivity contribution < 1.29 is 20.0 Å². The SMILES string of the molecule is O=C(NCCCCCCC(O)NO)c1ccc(Cc2cn(Cc3ccccc3)c3ccc([N+](=O)[O-])cc23)cc1. The van der Waals surface area contributed by atoms with Crippen molar-refractivity contribution in [1.29, 1.82) is 0 Å². The molecule has 9 heteroatoms. The van der Waals surface area contributed by atoms with Crippen molar-refractivity contribution in [3.8, 4) is 0 Å². The Kier molecular flexibility index (Phi) is 9.80. The minimum Gasteiger partial charge on any atom is -0.377 e. The molecule has 4 aromatic rings. The van der Waals surface area contributed by atoms with E-state index in [4.69, 9.17) is 5.21 Å². The first-order valence-electron chi connectivity index (χ1n) is 13.2. The standard InChI is InChI=1S/C30H34N4O5/c35-29(32-37)10-6-1-2-7-17-31-30(36)24-13-11-22(12-14-24)18-25-21-33(20-23-8-4-3-5-9-23)28-16-15-26(34(38)39)19-27(25)28/h3-5,8-9,11-16,19,21,29,32,35,37H,1-2,6-7,10,17-18,20H2,(H,31,36). The summed E-state index contributed by atoms with van der Waals surface area (Å²) in [4.78, 5) is 23.6. The van der Waals surface area contributed by atoms with Crippen LogP contribution < -0.4 is 10.8 Å². The van der Waals surface area contributed by atoms with Crippen LogP contribution in [0.1, 0.15) is 59.2 Å². The molecule has 204 valence electrons. The molecule has 0 bridgehead atoms. The van der Waals surface area contributed by atoms with Gasteiger partial charge in [-0.05, 0) is 60.6 Å². The molecular formula is C30H34N4O5. The number of carbonyl (C=O) groups is 1. The number of nitro benzene ring substituents is 1. The third-order valence-corrected chi connectivity index (χ3v) is 6.80. The van der Waals surface area contributed by atoms with E-state index in [1.54, 1.807) is 24.3 Å². The molecule has 1 aromatic heterocycles. The van der Waals surface area contributed by atoms with Crippen LogP contribution in [0, 0.1) is 10.1 Å². The number of benzene rings is 3. The summed E-state index contributed by atoms with van der Waals surface area (Å²) in [6.45, 7) is 1.23. The molecule has 0 saturated carbocycles. The molecular weight excluding hydrogens is 496 g/mol. The molecule has 1 unspecified atom stereocenters. The van der Waals surface area contributed by atoms with E-state index in [-0.39, 0.29) is 16.5 Å². The lowest BCUT2D eigenvalue weighted by molar-refractivity contribution is -0.384. The predicted octanol–water partition coefficient (Wildman–Crippen LogP) is 5.17. The summed E-state index contributed by atoms with van der Waals surface area (Å²) in [5, 5.41) is 33.1. The van der Waals surface area contributed by atoms with E-state index in [1.807, 2.05) is 41.9 Å². The third kappa shape index (κ3) is 7.73. The number of nitrogens with one attached hydrogen (secondary N) is 2. The normalized spacial score (nSPS) is 11.9. The molecule has 0 aliphatic rings. The van der Waals surface area contributed by atoms with Crippen molar-refractivity contribution in [2.24, 2.45) is 0 Å². The molecule has 0 radical (unpaired) electrons. The van der Waals surface area contributed by atoms with Gasteiger partial charge in [-0.2, -0.15) is 5.48 Å². The highest BCUT2D eigenvalue weighted by molar-refractivity contribution is 5.94. The summed E-state index contributed by atoms with van der Waals surface area (Å²) in [7, 11) is 0. The Labute approximate surface area is 227 Å². The van der Waals surface area contributed by atoms with E-state index in [9.17, 15) is 20.0 Å². The van der Waals surface area contributed by atoms with Crippen LogP contribution in [0.25, 0.3) is 10.9 Å². The summed E-state index contributed by atoms with van der Waals surface area (Å²) in [5.74, 6) is -0.128. The topological polar surface area (TPSA) is 130 Å². The molecule has 3 aromatic carbocycles. The van der Waals surface area contributed by atoms with Crippen LogP contribution in [0.5, 0.6) is 0 Å². The number of unbranched alkanes of at least 4 members (excludes halogenated alkanes) is 3. The number of fused-ring (bicyclic) bond motifs is 1. The number of carbonyl (C=O) groups excluding carboxylic acids is 1. The first kappa shape index (κ1) is 28.0. The van der Waals surface area contributed by atoms with E-state index in [0.717, 1.165) is 53.3 Å². The minimum atomic E-state index is -0.890. The van der Waals surface area contributed by atoms with Crippen LogP contribution in [-0.4, -0.2) is 38.5 Å². The second-order valence-electron chi connectivity index (χ2n) is 9.70. The van der Waals surface area contributed by atoms with Gasteiger partial charge in [-0.1, -0.05) is 55.3 Å². The van der Waals surface area contributed by atoms with Crippen LogP contribution in [0.3, 0.4) is 0 Å². The lowest BCUT2D eigenvalue weighted by atomic mass is 10.0. The van der Waals surface area contributed by atoms with Gasteiger partial charge in [0.15, 0.2) is 0 Å². The number of amides is 1. The van der Waals surface area contributed by atoms with Crippen molar-refractivity contribution >= 4 is 22.5 Å². The van der Waals surface area contributed by atoms with Crippen molar-refractivity contribution in [1.82, 2.24) is 15.4 Å².